The number of hydrogen-bond donors (Lipinski definition) is 0. The first kappa shape index (κ1) is 14.1. The summed E-state index contributed by atoms with van der Waals surface area (Å²) >= 11 is 1.34. The highest BCUT2D eigenvalue weighted by atomic mass is 32.2. The van der Waals surface area contributed by atoms with E-state index in [4.69, 9.17) is 0 Å². The summed E-state index contributed by atoms with van der Waals surface area (Å²) < 4.78 is 0. The molecule has 17 heavy (non-hydrogen) atoms. The predicted molar refractivity (Wildman–Crippen MR) is 78.6 cm³/mol. The highest BCUT2D eigenvalue weighted by Gasteiger charge is 2.07. The fourth-order valence-corrected chi connectivity index (χ4v) is 2.21. The molecule has 3 heteroatoms. The van der Waals surface area contributed by atoms with Crippen LogP contribution in [0, 0.1) is 11.5 Å². The van der Waals surface area contributed by atoms with Gasteiger partial charge < -0.3 is 0 Å². The summed E-state index contributed by atoms with van der Waals surface area (Å²) in [6.07, 6.45) is 0. The van der Waals surface area contributed by atoms with Crippen LogP contribution in [0.1, 0.15) is 18.1 Å². The van der Waals surface area contributed by atoms with E-state index in [9.17, 15) is 4.79 Å². The first-order valence-corrected chi connectivity index (χ1v) is 10.1. The van der Waals surface area contributed by atoms with Crippen molar-refractivity contribution in [2.24, 2.45) is 0 Å². The Hall–Kier alpha value is -0.983. The molecule has 1 rings (SSSR count). The third-order valence-electron chi connectivity index (χ3n) is 1.98. The lowest BCUT2D eigenvalue weighted by molar-refractivity contribution is -0.109. The summed E-state index contributed by atoms with van der Waals surface area (Å²) in [5.74, 6) is 3.96. The number of hydrogen-bond acceptors (Lipinski definition) is 2. The molecule has 0 N–H and O–H groups in total. The molecule has 1 aromatic rings. The van der Waals surface area contributed by atoms with Crippen LogP contribution in [0.2, 0.25) is 19.6 Å². The van der Waals surface area contributed by atoms with Crippen molar-refractivity contribution in [2.75, 3.05) is 0 Å². The molecule has 0 heterocycles. The van der Waals surface area contributed by atoms with Gasteiger partial charge in [0.15, 0.2) is 5.12 Å². The monoisotopic (exact) mass is 262 g/mol. The van der Waals surface area contributed by atoms with E-state index >= 15 is 0 Å². The molecule has 0 aromatic heterocycles. The van der Waals surface area contributed by atoms with Gasteiger partial charge >= 0.3 is 0 Å². The number of carbonyl (C=O) groups excluding carboxylic acids is 1. The lowest BCUT2D eigenvalue weighted by Gasteiger charge is -2.03. The van der Waals surface area contributed by atoms with E-state index < -0.39 is 8.07 Å². The molecule has 0 aliphatic heterocycles. The Balaban J connectivity index is 2.67. The summed E-state index contributed by atoms with van der Waals surface area (Å²) in [5, 5.41) is 0.160. The summed E-state index contributed by atoms with van der Waals surface area (Å²) in [6.45, 7) is 8.30. The van der Waals surface area contributed by atoms with Gasteiger partial charge in [0, 0.05) is 18.2 Å². The number of thioether (sulfide) groups is 1. The van der Waals surface area contributed by atoms with Crippen molar-refractivity contribution in [1.82, 2.24) is 0 Å². The lowest BCUT2D eigenvalue weighted by Crippen LogP contribution is -2.16. The van der Waals surface area contributed by atoms with Gasteiger partial charge in [-0.15, -0.1) is 5.54 Å². The third-order valence-corrected chi connectivity index (χ3v) is 3.74. The molecule has 0 unspecified atom stereocenters. The second-order valence-corrected chi connectivity index (χ2v) is 10.9. The molecular formula is C14H18OSSi. The van der Waals surface area contributed by atoms with Gasteiger partial charge in [0.2, 0.25) is 0 Å². The molecule has 0 fully saturated rings. The highest BCUT2D eigenvalue weighted by molar-refractivity contribution is 8.12. The molecule has 0 saturated heterocycles. The first-order valence-electron chi connectivity index (χ1n) is 5.62. The quantitative estimate of drug-likeness (QED) is 0.597. The summed E-state index contributed by atoms with van der Waals surface area (Å²) in [4.78, 5) is 10.8. The minimum absolute atomic E-state index is 0.160. The molecule has 90 valence electrons. The number of rotatable bonds is 2. The molecule has 0 amide bonds. The Morgan fingerprint density at radius 1 is 1.24 bits per heavy atom. The van der Waals surface area contributed by atoms with Gasteiger partial charge in [-0.25, -0.2) is 0 Å². The van der Waals surface area contributed by atoms with E-state index in [0.717, 1.165) is 11.3 Å². The zero-order valence-corrected chi connectivity index (χ0v) is 12.6. The Kier molecular flexibility index (Phi) is 5.04. The van der Waals surface area contributed by atoms with Crippen molar-refractivity contribution in [1.29, 1.82) is 0 Å². The second-order valence-electron chi connectivity index (χ2n) is 4.98. The van der Waals surface area contributed by atoms with Gasteiger partial charge in [0.05, 0.1) is 0 Å². The molecule has 0 aliphatic carbocycles. The zero-order valence-electron chi connectivity index (χ0n) is 10.8. The topological polar surface area (TPSA) is 17.1 Å². The van der Waals surface area contributed by atoms with Gasteiger partial charge in [-0.1, -0.05) is 49.5 Å². The van der Waals surface area contributed by atoms with Crippen LogP contribution in [-0.4, -0.2) is 13.2 Å². The zero-order chi connectivity index (χ0) is 12.9. The van der Waals surface area contributed by atoms with Crippen molar-refractivity contribution in [3.8, 4) is 11.5 Å². The first-order chi connectivity index (χ1) is 7.87. The van der Waals surface area contributed by atoms with Crippen LogP contribution in [0.3, 0.4) is 0 Å². The molecule has 1 nitrogen and oxygen atoms in total. The predicted octanol–water partition coefficient (Wildman–Crippen LogP) is 3.70. The Bertz CT molecular complexity index is 446. The van der Waals surface area contributed by atoms with Crippen LogP contribution < -0.4 is 0 Å². The Morgan fingerprint density at radius 3 is 2.29 bits per heavy atom. The van der Waals surface area contributed by atoms with E-state index in [1.54, 1.807) is 6.92 Å². The molecule has 0 bridgehead atoms. The van der Waals surface area contributed by atoms with Gasteiger partial charge in [0.25, 0.3) is 0 Å². The smallest absolute Gasteiger partial charge is 0.186 e. The van der Waals surface area contributed by atoms with E-state index in [1.165, 1.54) is 17.3 Å². The van der Waals surface area contributed by atoms with Crippen LogP contribution in [0.25, 0.3) is 0 Å². The Morgan fingerprint density at radius 2 is 1.82 bits per heavy atom. The van der Waals surface area contributed by atoms with Crippen LogP contribution >= 0.6 is 11.8 Å². The minimum Gasteiger partial charge on any atom is -0.288 e. The van der Waals surface area contributed by atoms with Gasteiger partial charge in [-0.2, -0.15) is 0 Å². The maximum atomic E-state index is 10.8. The second kappa shape index (κ2) is 6.09. The van der Waals surface area contributed by atoms with Crippen molar-refractivity contribution >= 4 is 25.0 Å². The molecule has 0 saturated carbocycles. The van der Waals surface area contributed by atoms with Gasteiger partial charge in [0.1, 0.15) is 8.07 Å². The molecule has 0 atom stereocenters. The summed E-state index contributed by atoms with van der Waals surface area (Å²) in [7, 11) is -1.29. The maximum Gasteiger partial charge on any atom is 0.186 e. The highest BCUT2D eigenvalue weighted by Crippen LogP contribution is 2.13. The van der Waals surface area contributed by atoms with Crippen molar-refractivity contribution in [3.05, 3.63) is 35.4 Å². The average molecular weight is 262 g/mol. The van der Waals surface area contributed by atoms with E-state index in [-0.39, 0.29) is 5.12 Å². The normalized spacial score (nSPS) is 10.6. The third kappa shape index (κ3) is 6.35. The summed E-state index contributed by atoms with van der Waals surface area (Å²) in [5.41, 5.74) is 5.57. The van der Waals surface area contributed by atoms with Crippen LogP contribution in [0.15, 0.2) is 24.3 Å². The van der Waals surface area contributed by atoms with Gasteiger partial charge in [-0.05, 0) is 17.7 Å². The minimum atomic E-state index is -1.29. The number of benzene rings is 1. The lowest BCUT2D eigenvalue weighted by atomic mass is 10.2. The van der Waals surface area contributed by atoms with E-state index in [1.807, 2.05) is 24.3 Å². The van der Waals surface area contributed by atoms with E-state index in [0.29, 0.717) is 0 Å². The molecule has 0 aliphatic rings. The maximum absolute atomic E-state index is 10.8. The molecule has 0 spiro atoms. The fraction of sp³-hybridized carbons (Fsp3) is 0.357. The summed E-state index contributed by atoms with van der Waals surface area (Å²) in [6, 6.07) is 8.15. The molecule has 0 radical (unpaired) electrons. The van der Waals surface area contributed by atoms with Crippen LogP contribution in [0.5, 0.6) is 0 Å². The average Bonchev–Trinajstić information content (AvgIpc) is 2.24. The molecule has 1 aromatic carbocycles. The molecular weight excluding hydrogens is 244 g/mol. The largest absolute Gasteiger partial charge is 0.288 e. The SMILES string of the molecule is CC(=O)SCc1ccc(C#C[Si](C)(C)C)cc1. The standard InChI is InChI=1S/C14H18OSSi/c1-12(15)16-11-14-7-5-13(6-8-14)9-10-17(2,3)4/h5-8H,11H2,1-4H3. The van der Waals surface area contributed by atoms with Crippen molar-refractivity contribution < 1.29 is 4.79 Å². The van der Waals surface area contributed by atoms with Crippen molar-refractivity contribution in [2.45, 2.75) is 32.3 Å². The fourth-order valence-electron chi connectivity index (χ4n) is 1.13. The van der Waals surface area contributed by atoms with Crippen LogP contribution in [0.4, 0.5) is 0 Å². The van der Waals surface area contributed by atoms with Crippen LogP contribution in [-0.2, 0) is 10.5 Å². The van der Waals surface area contributed by atoms with Gasteiger partial charge in [-0.3, -0.25) is 4.79 Å². The van der Waals surface area contributed by atoms with E-state index in [2.05, 4.69) is 31.1 Å². The Labute approximate surface area is 109 Å². The number of carbonyl (C=O) groups is 1. The van der Waals surface area contributed by atoms with Crippen molar-refractivity contribution in [3.63, 3.8) is 0 Å².